The number of rotatable bonds is 5. The van der Waals surface area contributed by atoms with Gasteiger partial charge in [0.2, 0.25) is 11.8 Å². The first-order valence-electron chi connectivity index (χ1n) is 8.76. The fraction of sp³-hybridized carbons (Fsp3) is 0.200. The Morgan fingerprint density at radius 2 is 2.29 bits per heavy atom. The zero-order valence-corrected chi connectivity index (χ0v) is 17.4. The summed E-state index contributed by atoms with van der Waals surface area (Å²) in [7, 11) is 0. The van der Waals surface area contributed by atoms with E-state index in [1.165, 1.54) is 0 Å². The highest BCUT2D eigenvalue weighted by Gasteiger charge is 2.36. The Hall–Kier alpha value is -2.76. The molecule has 3 heterocycles. The molecule has 2 aromatic heterocycles. The van der Waals surface area contributed by atoms with Crippen molar-refractivity contribution in [1.29, 1.82) is 5.26 Å². The van der Waals surface area contributed by atoms with Gasteiger partial charge in [-0.05, 0) is 51.5 Å². The number of aromatic amines is 1. The number of thiophene rings is 1. The van der Waals surface area contributed by atoms with Gasteiger partial charge in [-0.15, -0.1) is 16.4 Å². The fourth-order valence-electron chi connectivity index (χ4n) is 3.21. The molecular formula is C20H17BrN4O2S. The molecule has 1 aliphatic heterocycles. The lowest BCUT2D eigenvalue weighted by Gasteiger charge is -2.24. The Labute approximate surface area is 174 Å². The van der Waals surface area contributed by atoms with Crippen molar-refractivity contribution in [1.82, 2.24) is 10.2 Å². The maximum atomic E-state index is 9.79. The second kappa shape index (κ2) is 7.70. The van der Waals surface area contributed by atoms with E-state index in [4.69, 9.17) is 15.2 Å². The van der Waals surface area contributed by atoms with E-state index in [0.717, 1.165) is 38.3 Å². The van der Waals surface area contributed by atoms with Crippen molar-refractivity contribution in [2.75, 3.05) is 6.61 Å². The molecule has 0 aliphatic carbocycles. The number of nitrogens with zero attached hydrogens (tertiary/aromatic N) is 2. The van der Waals surface area contributed by atoms with Crippen molar-refractivity contribution in [2.45, 2.75) is 19.3 Å². The predicted octanol–water partition coefficient (Wildman–Crippen LogP) is 4.91. The predicted molar refractivity (Wildman–Crippen MR) is 111 cm³/mol. The van der Waals surface area contributed by atoms with Gasteiger partial charge in [0.05, 0.1) is 33.1 Å². The van der Waals surface area contributed by atoms with E-state index in [9.17, 15) is 5.26 Å². The Balaban J connectivity index is 1.85. The summed E-state index contributed by atoms with van der Waals surface area (Å²) < 4.78 is 12.2. The molecule has 0 bridgehead atoms. The van der Waals surface area contributed by atoms with E-state index in [0.29, 0.717) is 18.1 Å². The lowest BCUT2D eigenvalue weighted by molar-refractivity contribution is 0.315. The Bertz CT molecular complexity index is 1080. The molecule has 0 spiro atoms. The van der Waals surface area contributed by atoms with Crippen molar-refractivity contribution in [2.24, 2.45) is 5.73 Å². The summed E-state index contributed by atoms with van der Waals surface area (Å²) in [5, 5.41) is 19.1. The molecule has 0 saturated heterocycles. The first-order valence-corrected chi connectivity index (χ1v) is 10.4. The SMILES string of the molecule is CCCOc1ccc(C2C(C#N)=C(N)Oc3n[nH]c(-c4cccs4)c32)cc1Br. The topological polar surface area (TPSA) is 96.9 Å². The molecule has 0 saturated carbocycles. The van der Waals surface area contributed by atoms with Gasteiger partial charge in [0.1, 0.15) is 17.4 Å². The number of nitrogens with one attached hydrogen (secondary N) is 1. The maximum Gasteiger partial charge on any atom is 0.244 e. The van der Waals surface area contributed by atoms with Crippen LogP contribution in [0.25, 0.3) is 10.6 Å². The molecule has 142 valence electrons. The van der Waals surface area contributed by atoms with Crippen LogP contribution in [0.5, 0.6) is 11.6 Å². The molecule has 4 rings (SSSR count). The van der Waals surface area contributed by atoms with Crippen molar-refractivity contribution in [3.63, 3.8) is 0 Å². The number of fused-ring (bicyclic) bond motifs is 1. The molecule has 28 heavy (non-hydrogen) atoms. The third kappa shape index (κ3) is 3.17. The van der Waals surface area contributed by atoms with Crippen molar-refractivity contribution in [3.8, 4) is 28.3 Å². The van der Waals surface area contributed by atoms with Gasteiger partial charge in [-0.25, -0.2) is 0 Å². The summed E-state index contributed by atoms with van der Waals surface area (Å²) in [6.07, 6.45) is 0.925. The summed E-state index contributed by atoms with van der Waals surface area (Å²) in [4.78, 5) is 1.02. The standard InChI is InChI=1S/C20H17BrN4O2S/c1-2-7-26-14-6-5-11(9-13(14)21)16-12(10-22)19(23)27-20-17(16)18(24-25-20)15-4-3-8-28-15/h3-6,8-9,16H,2,7,23H2,1H3,(H,24,25). The van der Waals surface area contributed by atoms with E-state index in [1.54, 1.807) is 11.3 Å². The third-order valence-corrected chi connectivity index (χ3v) is 5.96. The Morgan fingerprint density at radius 1 is 1.43 bits per heavy atom. The number of hydrogen-bond acceptors (Lipinski definition) is 6. The molecule has 3 N–H and O–H groups in total. The summed E-state index contributed by atoms with van der Waals surface area (Å²) in [5.41, 5.74) is 8.94. The maximum absolute atomic E-state index is 9.79. The molecule has 0 amide bonds. The van der Waals surface area contributed by atoms with Crippen LogP contribution in [0.3, 0.4) is 0 Å². The molecule has 8 heteroatoms. The minimum atomic E-state index is -0.388. The van der Waals surface area contributed by atoms with Gasteiger partial charge in [-0.3, -0.25) is 5.10 Å². The van der Waals surface area contributed by atoms with E-state index >= 15 is 0 Å². The van der Waals surface area contributed by atoms with Crippen LogP contribution < -0.4 is 15.2 Å². The number of nitrogens with two attached hydrogens (primary N) is 1. The fourth-order valence-corrected chi connectivity index (χ4v) is 4.46. The summed E-state index contributed by atoms with van der Waals surface area (Å²) >= 11 is 5.17. The van der Waals surface area contributed by atoms with Crippen LogP contribution in [0.2, 0.25) is 0 Å². The molecule has 0 radical (unpaired) electrons. The first-order chi connectivity index (χ1) is 13.6. The third-order valence-electron chi connectivity index (χ3n) is 4.46. The number of ether oxygens (including phenoxy) is 2. The van der Waals surface area contributed by atoms with Crippen LogP contribution in [0, 0.1) is 11.3 Å². The minimum Gasteiger partial charge on any atom is -0.492 e. The van der Waals surface area contributed by atoms with Gasteiger partial charge in [0.15, 0.2) is 0 Å². The molecule has 1 aromatic carbocycles. The normalized spacial score (nSPS) is 15.7. The van der Waals surface area contributed by atoms with Gasteiger partial charge in [-0.1, -0.05) is 19.1 Å². The molecule has 1 atom stereocenters. The van der Waals surface area contributed by atoms with Gasteiger partial charge in [0.25, 0.3) is 0 Å². The van der Waals surface area contributed by atoms with E-state index in [2.05, 4.69) is 39.1 Å². The van der Waals surface area contributed by atoms with Crippen LogP contribution >= 0.6 is 27.3 Å². The van der Waals surface area contributed by atoms with Gasteiger partial charge in [-0.2, -0.15) is 5.26 Å². The van der Waals surface area contributed by atoms with Crippen LogP contribution in [0.15, 0.2) is 51.6 Å². The van der Waals surface area contributed by atoms with E-state index in [1.807, 2.05) is 35.7 Å². The second-order valence-electron chi connectivity index (χ2n) is 6.26. The monoisotopic (exact) mass is 456 g/mol. The number of nitriles is 1. The van der Waals surface area contributed by atoms with Crippen LogP contribution in [-0.2, 0) is 0 Å². The quantitative estimate of drug-likeness (QED) is 0.568. The van der Waals surface area contributed by atoms with Gasteiger partial charge in [0, 0.05) is 0 Å². The number of halogens is 1. The van der Waals surface area contributed by atoms with Gasteiger partial charge < -0.3 is 15.2 Å². The number of H-pyrrole nitrogens is 1. The number of allylic oxidation sites excluding steroid dienone is 1. The second-order valence-corrected chi connectivity index (χ2v) is 8.06. The van der Waals surface area contributed by atoms with Crippen LogP contribution in [0.1, 0.15) is 30.4 Å². The Kier molecular flexibility index (Phi) is 5.11. The Morgan fingerprint density at radius 3 is 2.96 bits per heavy atom. The minimum absolute atomic E-state index is 0.0756. The largest absolute Gasteiger partial charge is 0.492 e. The highest BCUT2D eigenvalue weighted by atomic mass is 79.9. The summed E-state index contributed by atoms with van der Waals surface area (Å²) in [6, 6.07) is 12.0. The van der Waals surface area contributed by atoms with Crippen molar-refractivity contribution >= 4 is 27.3 Å². The van der Waals surface area contributed by atoms with E-state index < -0.39 is 0 Å². The zero-order valence-electron chi connectivity index (χ0n) is 15.0. The molecule has 1 aliphatic rings. The summed E-state index contributed by atoms with van der Waals surface area (Å²) in [6.45, 7) is 2.70. The molecule has 0 fully saturated rings. The zero-order chi connectivity index (χ0) is 19.7. The number of benzene rings is 1. The van der Waals surface area contributed by atoms with E-state index in [-0.39, 0.29) is 11.8 Å². The lowest BCUT2D eigenvalue weighted by Crippen LogP contribution is -2.21. The number of hydrogen-bond donors (Lipinski definition) is 2. The molecule has 3 aromatic rings. The lowest BCUT2D eigenvalue weighted by atomic mass is 9.84. The first kappa shape index (κ1) is 18.6. The van der Waals surface area contributed by atoms with Crippen molar-refractivity contribution in [3.05, 3.63) is 62.8 Å². The van der Waals surface area contributed by atoms with Crippen molar-refractivity contribution < 1.29 is 9.47 Å². The molecule has 6 nitrogen and oxygen atoms in total. The highest BCUT2D eigenvalue weighted by Crippen LogP contribution is 2.47. The number of aromatic nitrogens is 2. The van der Waals surface area contributed by atoms with Gasteiger partial charge >= 0.3 is 0 Å². The molecule has 1 unspecified atom stereocenters. The van der Waals surface area contributed by atoms with Crippen LogP contribution in [-0.4, -0.2) is 16.8 Å². The average Bonchev–Trinajstić information content (AvgIpc) is 3.35. The average molecular weight is 457 g/mol. The summed E-state index contributed by atoms with van der Waals surface area (Å²) in [5.74, 6) is 0.846. The molecular weight excluding hydrogens is 440 g/mol. The highest BCUT2D eigenvalue weighted by molar-refractivity contribution is 9.10. The van der Waals surface area contributed by atoms with Crippen LogP contribution in [0.4, 0.5) is 0 Å². The smallest absolute Gasteiger partial charge is 0.244 e.